The van der Waals surface area contributed by atoms with E-state index < -0.39 is 11.6 Å². The van der Waals surface area contributed by atoms with Crippen LogP contribution >= 0.6 is 0 Å². The van der Waals surface area contributed by atoms with Gasteiger partial charge in [-0.25, -0.2) is 0 Å². The number of rotatable bonds is 8. The van der Waals surface area contributed by atoms with Crippen LogP contribution in [0, 0.1) is 0 Å². The standard InChI is InChI=1S/C15H23NO2.C3H4NO3.Fm/c1-15(2,3)18-14(17)12-16(4)11-10-13-8-6-5-7-9-13;5-2-4-1-3(6)7;/h5-9H,10-12H2,1-4H3;1H2,(H,4,5)(H,6,7);/q;-1;. The molecule has 0 spiro atoms. The van der Waals surface area contributed by atoms with E-state index in [1.807, 2.05) is 56.2 Å². The fourth-order valence-corrected chi connectivity index (χ4v) is 1.75. The molecule has 0 saturated carbocycles. The summed E-state index contributed by atoms with van der Waals surface area (Å²) in [6.45, 7) is 6.48. The Labute approximate surface area is 149 Å². The van der Waals surface area contributed by atoms with Gasteiger partial charge in [0, 0.05) is 6.54 Å². The summed E-state index contributed by atoms with van der Waals surface area (Å²) in [5, 5.41) is 9.65. The van der Waals surface area contributed by atoms with Gasteiger partial charge in [0.1, 0.15) is 5.60 Å². The molecule has 0 aliphatic carbocycles. The second kappa shape index (κ2) is 12.9. The monoisotopic (exact) mass is 608 g/mol. The molecule has 1 rings (SSSR count). The number of esters is 1. The molecule has 8 heteroatoms. The number of nitrogens with one attached hydrogen (secondary N) is 1. The molecule has 0 fully saturated rings. The van der Waals surface area contributed by atoms with Gasteiger partial charge in [0.2, 0.25) is 0 Å². The normalized spacial score (nSPS) is 10.0. The minimum absolute atomic E-state index is 0. The topological polar surface area (TPSA) is 95.9 Å². The number of amides is 1. The minimum Gasteiger partial charge on any atom is -0.521 e. The third kappa shape index (κ3) is 15.5. The van der Waals surface area contributed by atoms with Crippen molar-refractivity contribution in [2.75, 3.05) is 26.7 Å². The third-order valence-corrected chi connectivity index (χ3v) is 2.76. The summed E-state index contributed by atoms with van der Waals surface area (Å²) in [5.41, 5.74) is 0.880. The second-order valence-corrected chi connectivity index (χ2v) is 6.41. The molecule has 0 unspecified atom stereocenters. The van der Waals surface area contributed by atoms with E-state index in [0.717, 1.165) is 13.0 Å². The molecule has 0 heterocycles. The number of hydrogen-bond acceptors (Lipinski definition) is 5. The Hall–Kier alpha value is -3.41. The van der Waals surface area contributed by atoms with Gasteiger partial charge in [0.15, 0.2) is 0 Å². The van der Waals surface area contributed by atoms with Crippen LogP contribution in [0.5, 0.6) is 0 Å². The van der Waals surface area contributed by atoms with Crippen LogP contribution in [-0.4, -0.2) is 60.6 Å². The van der Waals surface area contributed by atoms with E-state index >= 15 is 0 Å². The fraction of sp³-hybridized carbons (Fsp3) is 0.500. The van der Waals surface area contributed by atoms with E-state index in [-0.39, 0.29) is 12.5 Å². The second-order valence-electron chi connectivity index (χ2n) is 6.41. The first-order chi connectivity index (χ1) is 11.6. The van der Waals surface area contributed by atoms with E-state index in [2.05, 4.69) is 12.1 Å². The Morgan fingerprint density at radius 3 is 2.23 bits per heavy atom. The third-order valence-electron chi connectivity index (χ3n) is 2.76. The van der Waals surface area contributed by atoms with Gasteiger partial charge in [-0.1, -0.05) is 30.3 Å². The molecule has 7 nitrogen and oxygen atoms in total. The van der Waals surface area contributed by atoms with Crippen LogP contribution in [0.3, 0.4) is 0 Å². The molecule has 26 heavy (non-hydrogen) atoms. The summed E-state index contributed by atoms with van der Waals surface area (Å²) in [5.74, 6) is -1.23. The molecular formula is C18H27FmN2O5-. The molecule has 0 radical (unpaired) electrons. The van der Waals surface area contributed by atoms with Crippen LogP contribution in [0.2, 0.25) is 0 Å². The van der Waals surface area contributed by atoms with E-state index in [1.54, 1.807) is 0 Å². The Kier molecular flexibility index (Phi) is 12.4. The Balaban J connectivity index is 0. The number of carbonyl (C=O) groups excluding carboxylic acids is 2. The Bertz CT molecular complexity index is 532. The van der Waals surface area contributed by atoms with Crippen LogP contribution in [0.15, 0.2) is 30.3 Å². The van der Waals surface area contributed by atoms with Crippen LogP contribution < -0.4 is 5.32 Å². The Morgan fingerprint density at radius 2 is 1.81 bits per heavy atom. The average molecular weight is 608 g/mol. The summed E-state index contributed by atoms with van der Waals surface area (Å²) < 4.78 is 5.28. The van der Waals surface area contributed by atoms with Crippen molar-refractivity contribution in [3.63, 3.8) is 0 Å². The van der Waals surface area contributed by atoms with E-state index in [4.69, 9.17) is 9.84 Å². The van der Waals surface area contributed by atoms with Crippen LogP contribution in [-0.2, 0) is 25.5 Å². The molecule has 2 N–H and O–H groups in total. The van der Waals surface area contributed by atoms with Gasteiger partial charge in [-0.2, -0.15) is 6.41 Å². The molecule has 1 aromatic carbocycles. The van der Waals surface area contributed by atoms with Crippen molar-refractivity contribution in [3.8, 4) is 0 Å². The van der Waals surface area contributed by atoms with Crippen molar-refractivity contribution < 1.29 is 24.2 Å². The molecule has 0 aliphatic rings. The number of carboxylic acid groups (broad SMARTS) is 1. The number of likely N-dealkylation sites (N-methyl/N-ethyl adjacent to an activating group) is 1. The number of aliphatic carboxylic acids is 1. The predicted octanol–water partition coefficient (Wildman–Crippen LogP) is 1.23. The number of ether oxygens (including phenoxy) is 1. The number of carbonyl (C=O) groups is 2. The van der Waals surface area contributed by atoms with Crippen molar-refractivity contribution >= 4 is 18.3 Å². The van der Waals surface area contributed by atoms with E-state index in [0.29, 0.717) is 6.54 Å². The average Bonchev–Trinajstić information content (AvgIpc) is 2.50. The molecule has 1 aromatic rings. The summed E-state index contributed by atoms with van der Waals surface area (Å²) in [6, 6.07) is 10.3. The molecule has 0 aromatic heterocycles. The maximum Gasteiger partial charge on any atom is 0.320 e. The van der Waals surface area contributed by atoms with Gasteiger partial charge in [-0.15, -0.1) is 0 Å². The molecule has 0 aliphatic heterocycles. The SMILES string of the molecule is CN(CCc1ccccc1)CC(=O)OC(C)(C)C.O=[C-]NCC(=O)O.[Fm]. The first-order valence-corrected chi connectivity index (χ1v) is 7.90. The minimum atomic E-state index is -1.07. The Morgan fingerprint density at radius 1 is 1.23 bits per heavy atom. The number of nitrogens with zero attached hydrogens (tertiary/aromatic N) is 1. The van der Waals surface area contributed by atoms with Gasteiger partial charge in [-0.05, 0) is 39.8 Å². The maximum atomic E-state index is 11.6. The number of carboxylic acids is 1. The van der Waals surface area contributed by atoms with Gasteiger partial charge in [0.05, 0.1) is 13.1 Å². The number of benzene rings is 1. The summed E-state index contributed by atoms with van der Waals surface area (Å²) in [7, 11) is 1.94. The first-order valence-electron chi connectivity index (χ1n) is 7.90. The molecule has 0 atom stereocenters. The predicted molar refractivity (Wildman–Crippen MR) is 94.8 cm³/mol. The zero-order chi connectivity index (χ0) is 19.3. The summed E-state index contributed by atoms with van der Waals surface area (Å²) >= 11 is 0. The molecule has 0 bridgehead atoms. The smallest absolute Gasteiger partial charge is 0.320 e. The number of hydrogen-bond donors (Lipinski definition) is 2. The summed E-state index contributed by atoms with van der Waals surface area (Å²) in [4.78, 5) is 32.3. The molecule has 0 saturated heterocycles. The molecule has 152 valence electrons. The summed E-state index contributed by atoms with van der Waals surface area (Å²) in [6.07, 6.45) is 2.16. The largest absolute Gasteiger partial charge is 0.521 e. The van der Waals surface area contributed by atoms with Crippen LogP contribution in [0.1, 0.15) is 26.3 Å². The van der Waals surface area contributed by atoms with Crippen molar-refractivity contribution in [2.24, 2.45) is 0 Å². The van der Waals surface area contributed by atoms with Gasteiger partial charge in [0.25, 0.3) is 0 Å². The van der Waals surface area contributed by atoms with Crippen molar-refractivity contribution in [3.05, 3.63) is 35.9 Å². The fourth-order valence-electron chi connectivity index (χ4n) is 1.75. The van der Waals surface area contributed by atoms with Crippen molar-refractivity contribution in [2.45, 2.75) is 32.8 Å². The quantitative estimate of drug-likeness (QED) is 0.262. The molecular weight excluding hydrogens is 581 g/mol. The van der Waals surface area contributed by atoms with E-state index in [1.165, 1.54) is 12.0 Å². The van der Waals surface area contributed by atoms with Gasteiger partial charge < -0.3 is 20.0 Å². The van der Waals surface area contributed by atoms with Crippen molar-refractivity contribution in [1.82, 2.24) is 10.2 Å². The zero-order valence-corrected chi connectivity index (χ0v) is 17.9. The van der Waals surface area contributed by atoms with E-state index in [9.17, 15) is 14.4 Å². The van der Waals surface area contributed by atoms with Crippen LogP contribution in [0.4, 0.5) is 0 Å². The van der Waals surface area contributed by atoms with Crippen molar-refractivity contribution in [1.29, 1.82) is 0 Å². The van der Waals surface area contributed by atoms with Gasteiger partial charge in [-0.3, -0.25) is 14.5 Å². The first kappa shape index (κ1) is 24.8. The van der Waals surface area contributed by atoms with Crippen LogP contribution in [0.25, 0.3) is 0 Å². The zero-order valence-electron chi connectivity index (χ0n) is 15.5. The molecule has 1 amide bonds. The maximum absolute atomic E-state index is 11.6. The van der Waals surface area contributed by atoms with Gasteiger partial charge >= 0.3 is 11.9 Å².